The van der Waals surface area contributed by atoms with Crippen molar-refractivity contribution in [1.29, 1.82) is 0 Å². The summed E-state index contributed by atoms with van der Waals surface area (Å²) in [5.74, 6) is -0.946. The van der Waals surface area contributed by atoms with Crippen LogP contribution in [0, 0.1) is 11.8 Å². The van der Waals surface area contributed by atoms with Gasteiger partial charge in [-0.3, -0.25) is 24.2 Å². The lowest BCUT2D eigenvalue weighted by Gasteiger charge is -2.26. The van der Waals surface area contributed by atoms with Crippen LogP contribution in [0.2, 0.25) is 0 Å². The number of likely N-dealkylation sites (tertiary alicyclic amines) is 1. The van der Waals surface area contributed by atoms with E-state index in [0.717, 1.165) is 38.5 Å². The minimum absolute atomic E-state index is 0.111. The molecule has 0 saturated carbocycles. The molecule has 1 N–H and O–H groups in total. The summed E-state index contributed by atoms with van der Waals surface area (Å²) in [7, 11) is 0. The number of nitrogens with zero attached hydrogens (tertiary/aromatic N) is 2. The van der Waals surface area contributed by atoms with Gasteiger partial charge in [-0.25, -0.2) is 0 Å². The number of nitrogens with one attached hydrogen (secondary N) is 1. The van der Waals surface area contributed by atoms with Crippen molar-refractivity contribution in [3.8, 4) is 0 Å². The maximum Gasteiger partial charge on any atom is 0.233 e. The van der Waals surface area contributed by atoms with E-state index in [1.807, 2.05) is 36.4 Å². The fraction of sp³-hybridized carbons (Fsp3) is 0.500. The molecule has 2 aliphatic heterocycles. The normalized spacial score (nSPS) is 24.6. The molecule has 0 spiro atoms. The Morgan fingerprint density at radius 1 is 1.00 bits per heavy atom. The van der Waals surface area contributed by atoms with Gasteiger partial charge in [-0.2, -0.15) is 0 Å². The van der Waals surface area contributed by atoms with Crippen LogP contribution in [-0.4, -0.2) is 60.4 Å². The summed E-state index contributed by atoms with van der Waals surface area (Å²) in [6.45, 7) is 4.43. The zero-order valence-corrected chi connectivity index (χ0v) is 16.5. The molecule has 2 fully saturated rings. The minimum Gasteiger partial charge on any atom is -0.379 e. The summed E-state index contributed by atoms with van der Waals surface area (Å²) in [6.07, 6.45) is 5.28. The number of hydrogen-bond donors (Lipinski definition) is 1. The molecule has 1 aliphatic carbocycles. The number of amides is 3. The van der Waals surface area contributed by atoms with Crippen LogP contribution in [0.25, 0.3) is 0 Å². The van der Waals surface area contributed by atoms with Crippen LogP contribution < -0.4 is 5.32 Å². The van der Waals surface area contributed by atoms with Gasteiger partial charge in [-0.15, -0.1) is 0 Å². The van der Waals surface area contributed by atoms with Crippen molar-refractivity contribution in [3.63, 3.8) is 0 Å². The molecular weight excluding hydrogens is 370 g/mol. The second kappa shape index (κ2) is 8.88. The largest absolute Gasteiger partial charge is 0.379 e. The Morgan fingerprint density at radius 3 is 2.24 bits per heavy atom. The maximum absolute atomic E-state index is 12.4. The van der Waals surface area contributed by atoms with Crippen LogP contribution in [0.4, 0.5) is 5.69 Å². The Morgan fingerprint density at radius 2 is 1.62 bits per heavy atom. The number of hydrogen-bond acceptors (Lipinski definition) is 5. The Labute approximate surface area is 170 Å². The average molecular weight is 397 g/mol. The number of benzene rings is 1. The SMILES string of the molecule is O=C(CCN1C(=O)[C@@H]2CC=CC[C@H]2C1=O)Nc1ccc(CN2CCOCC2)cc1. The van der Waals surface area contributed by atoms with Gasteiger partial charge in [0.2, 0.25) is 17.7 Å². The van der Waals surface area contributed by atoms with Gasteiger partial charge in [0.1, 0.15) is 0 Å². The molecule has 1 aromatic rings. The van der Waals surface area contributed by atoms with Crippen molar-refractivity contribution in [1.82, 2.24) is 9.80 Å². The lowest BCUT2D eigenvalue weighted by molar-refractivity contribution is -0.140. The van der Waals surface area contributed by atoms with E-state index >= 15 is 0 Å². The van der Waals surface area contributed by atoms with Crippen molar-refractivity contribution in [2.24, 2.45) is 11.8 Å². The average Bonchev–Trinajstić information content (AvgIpc) is 2.99. The highest BCUT2D eigenvalue weighted by Crippen LogP contribution is 2.35. The molecule has 2 atom stereocenters. The van der Waals surface area contributed by atoms with E-state index in [0.29, 0.717) is 12.8 Å². The van der Waals surface area contributed by atoms with Gasteiger partial charge in [0.15, 0.2) is 0 Å². The van der Waals surface area contributed by atoms with Gasteiger partial charge >= 0.3 is 0 Å². The van der Waals surface area contributed by atoms with Gasteiger partial charge in [-0.1, -0.05) is 24.3 Å². The Bertz CT molecular complexity index is 773. The van der Waals surface area contributed by atoms with Gasteiger partial charge in [0.05, 0.1) is 25.0 Å². The Kier molecular flexibility index (Phi) is 6.06. The predicted molar refractivity (Wildman–Crippen MR) is 108 cm³/mol. The molecule has 0 aromatic heterocycles. The van der Waals surface area contributed by atoms with Crippen LogP contribution in [-0.2, 0) is 25.7 Å². The zero-order valence-electron chi connectivity index (χ0n) is 16.5. The van der Waals surface area contributed by atoms with E-state index in [9.17, 15) is 14.4 Å². The summed E-state index contributed by atoms with van der Waals surface area (Å²) in [4.78, 5) is 40.8. The van der Waals surface area contributed by atoms with Gasteiger partial charge in [0, 0.05) is 38.3 Å². The number of morpholine rings is 1. The molecule has 7 heteroatoms. The summed E-state index contributed by atoms with van der Waals surface area (Å²) in [5.41, 5.74) is 1.91. The van der Waals surface area contributed by atoms with Gasteiger partial charge < -0.3 is 10.1 Å². The molecule has 3 aliphatic rings. The molecule has 4 rings (SSSR count). The van der Waals surface area contributed by atoms with Crippen LogP contribution in [0.5, 0.6) is 0 Å². The molecule has 2 saturated heterocycles. The fourth-order valence-electron chi connectivity index (χ4n) is 4.24. The molecule has 0 radical (unpaired) electrons. The highest BCUT2D eigenvalue weighted by Gasteiger charge is 2.46. The number of allylic oxidation sites excluding steroid dienone is 2. The number of carbonyl (C=O) groups is 3. The van der Waals surface area contributed by atoms with Crippen LogP contribution in [0.3, 0.4) is 0 Å². The van der Waals surface area contributed by atoms with Crippen LogP contribution >= 0.6 is 0 Å². The first kappa shape index (κ1) is 19.8. The molecular formula is C22H27N3O4. The lowest BCUT2D eigenvalue weighted by atomic mass is 9.85. The predicted octanol–water partition coefficient (Wildman–Crippen LogP) is 1.80. The van der Waals surface area contributed by atoms with E-state index in [1.165, 1.54) is 10.5 Å². The van der Waals surface area contributed by atoms with Crippen molar-refractivity contribution in [2.45, 2.75) is 25.8 Å². The third-order valence-corrected chi connectivity index (χ3v) is 5.91. The maximum atomic E-state index is 12.4. The molecule has 1 aromatic carbocycles. The van der Waals surface area contributed by atoms with Crippen molar-refractivity contribution in [3.05, 3.63) is 42.0 Å². The molecule has 7 nitrogen and oxygen atoms in total. The first-order chi connectivity index (χ1) is 14.1. The van der Waals surface area contributed by atoms with Crippen molar-refractivity contribution >= 4 is 23.4 Å². The molecule has 154 valence electrons. The number of rotatable bonds is 6. The summed E-state index contributed by atoms with van der Waals surface area (Å²) in [5, 5.41) is 2.85. The standard InChI is InChI=1S/C22H27N3O4/c26-20(9-10-25-21(27)18-3-1-2-4-19(18)22(25)28)23-17-7-5-16(6-8-17)15-24-11-13-29-14-12-24/h1-2,5-8,18-19H,3-4,9-15H2,(H,23,26)/t18-,19-/m1/s1. The monoisotopic (exact) mass is 397 g/mol. The summed E-state index contributed by atoms with van der Waals surface area (Å²) >= 11 is 0. The van der Waals surface area contributed by atoms with Gasteiger partial charge in [-0.05, 0) is 30.5 Å². The molecule has 0 bridgehead atoms. The second-order valence-corrected chi connectivity index (χ2v) is 7.87. The highest BCUT2D eigenvalue weighted by molar-refractivity contribution is 6.05. The number of imide groups is 1. The van der Waals surface area contributed by atoms with Gasteiger partial charge in [0.25, 0.3) is 0 Å². The van der Waals surface area contributed by atoms with Crippen LogP contribution in [0.1, 0.15) is 24.8 Å². The van der Waals surface area contributed by atoms with E-state index in [2.05, 4.69) is 10.2 Å². The zero-order chi connectivity index (χ0) is 20.2. The Balaban J connectivity index is 1.25. The van der Waals surface area contributed by atoms with E-state index in [4.69, 9.17) is 4.74 Å². The minimum atomic E-state index is -0.241. The summed E-state index contributed by atoms with van der Waals surface area (Å²) in [6, 6.07) is 7.80. The number of carbonyl (C=O) groups excluding carboxylic acids is 3. The summed E-state index contributed by atoms with van der Waals surface area (Å²) < 4.78 is 5.36. The number of ether oxygens (including phenoxy) is 1. The lowest BCUT2D eigenvalue weighted by Crippen LogP contribution is -2.35. The smallest absolute Gasteiger partial charge is 0.233 e. The molecule has 29 heavy (non-hydrogen) atoms. The first-order valence-corrected chi connectivity index (χ1v) is 10.3. The third-order valence-electron chi connectivity index (χ3n) is 5.91. The van der Waals surface area contributed by atoms with Crippen molar-refractivity contribution in [2.75, 3.05) is 38.2 Å². The molecule has 0 unspecified atom stereocenters. The Hall–Kier alpha value is -2.51. The van der Waals surface area contributed by atoms with Crippen LogP contribution in [0.15, 0.2) is 36.4 Å². The van der Waals surface area contributed by atoms with E-state index < -0.39 is 0 Å². The van der Waals surface area contributed by atoms with Crippen molar-refractivity contribution < 1.29 is 19.1 Å². The number of fused-ring (bicyclic) bond motifs is 1. The third kappa shape index (κ3) is 4.57. The molecule has 2 heterocycles. The highest BCUT2D eigenvalue weighted by atomic mass is 16.5. The topological polar surface area (TPSA) is 79.0 Å². The fourth-order valence-corrected chi connectivity index (χ4v) is 4.24. The number of anilines is 1. The molecule has 3 amide bonds. The first-order valence-electron chi connectivity index (χ1n) is 10.3. The quantitative estimate of drug-likeness (QED) is 0.585. The second-order valence-electron chi connectivity index (χ2n) is 7.87. The van der Waals surface area contributed by atoms with E-state index in [-0.39, 0.29) is 42.5 Å². The van der Waals surface area contributed by atoms with E-state index in [1.54, 1.807) is 0 Å².